The Kier molecular flexibility index (Phi) is 8.19. The number of hydrogen-bond acceptors (Lipinski definition) is 7. The summed E-state index contributed by atoms with van der Waals surface area (Å²) in [6, 6.07) is 27.0. The van der Waals surface area contributed by atoms with Gasteiger partial charge >= 0.3 is 5.97 Å². The average molecular weight is 618 g/mol. The highest BCUT2D eigenvalue weighted by Crippen LogP contribution is 2.31. The molecule has 1 atom stereocenters. The predicted molar refractivity (Wildman–Crippen MR) is 175 cm³/mol. The third kappa shape index (κ3) is 6.07. The van der Waals surface area contributed by atoms with Crippen LogP contribution in [0.15, 0.2) is 116 Å². The molecule has 0 unspecified atom stereocenters. The highest BCUT2D eigenvalue weighted by molar-refractivity contribution is 7.07. The Morgan fingerprint density at radius 1 is 0.978 bits per heavy atom. The smallest absolute Gasteiger partial charge is 0.338 e. The van der Waals surface area contributed by atoms with Crippen LogP contribution in [-0.4, -0.2) is 22.5 Å². The van der Waals surface area contributed by atoms with E-state index in [2.05, 4.69) is 5.32 Å². The number of hydrogen-bond donors (Lipinski definition) is 1. The first-order chi connectivity index (χ1) is 21.7. The van der Waals surface area contributed by atoms with Crippen LogP contribution < -0.4 is 20.2 Å². The van der Waals surface area contributed by atoms with Crippen molar-refractivity contribution in [1.82, 2.24) is 4.57 Å². The van der Waals surface area contributed by atoms with Crippen molar-refractivity contribution >= 4 is 35.0 Å². The lowest BCUT2D eigenvalue weighted by molar-refractivity contribution is -0.113. The third-order valence-corrected chi connectivity index (χ3v) is 8.37. The molecule has 1 aliphatic heterocycles. The topological polar surface area (TPSA) is 103 Å². The van der Waals surface area contributed by atoms with Crippen molar-refractivity contribution < 1.29 is 18.7 Å². The monoisotopic (exact) mass is 617 g/mol. The molecule has 0 spiro atoms. The molecular formula is C36H31N3O5S. The van der Waals surface area contributed by atoms with Crippen molar-refractivity contribution in [3.8, 4) is 11.3 Å². The summed E-state index contributed by atoms with van der Waals surface area (Å²) in [4.78, 5) is 45.2. The van der Waals surface area contributed by atoms with E-state index in [0.717, 1.165) is 16.7 Å². The molecule has 0 radical (unpaired) electrons. The molecule has 3 heterocycles. The molecule has 0 bridgehead atoms. The van der Waals surface area contributed by atoms with E-state index in [0.29, 0.717) is 43.4 Å². The molecule has 3 aromatic carbocycles. The van der Waals surface area contributed by atoms with E-state index < -0.39 is 6.04 Å². The fourth-order valence-electron chi connectivity index (χ4n) is 5.34. The number of anilines is 1. The van der Waals surface area contributed by atoms with Gasteiger partial charge in [0, 0.05) is 17.3 Å². The minimum Gasteiger partial charge on any atom is -0.459 e. The molecule has 0 saturated carbocycles. The van der Waals surface area contributed by atoms with Gasteiger partial charge < -0.3 is 14.5 Å². The van der Waals surface area contributed by atoms with Gasteiger partial charge in [-0.1, -0.05) is 65.9 Å². The second-order valence-corrected chi connectivity index (χ2v) is 12.0. The first-order valence-corrected chi connectivity index (χ1v) is 15.4. The SMILES string of the molecule is CC1=C(C(=O)Nc2ccccc2)[C@H](c2ccccc2)n2c(s/c(=C/c3ccc(-c4ccc(C(=O)OC(C)C)cc4C)o3)c2=O)=N1. The van der Waals surface area contributed by atoms with Gasteiger partial charge in [-0.25, -0.2) is 9.79 Å². The number of benzene rings is 3. The summed E-state index contributed by atoms with van der Waals surface area (Å²) in [6.45, 7) is 7.32. The standard InChI is InChI=1S/C36H31N3O5S/c1-21(2)43-35(42)25-15-17-28(22(3)19-25)29-18-16-27(44-29)20-30-34(41)39-32(24-11-7-5-8-12-24)31(23(4)37-36(39)45-30)33(40)38-26-13-9-6-10-14-26/h5-21,32H,1-4H3,(H,38,40)/b30-20+/t32-/m0/s1. The number of ether oxygens (including phenoxy) is 1. The van der Waals surface area contributed by atoms with Crippen LogP contribution in [0.25, 0.3) is 17.4 Å². The van der Waals surface area contributed by atoms with Gasteiger partial charge in [-0.15, -0.1) is 0 Å². The van der Waals surface area contributed by atoms with E-state index in [4.69, 9.17) is 14.1 Å². The zero-order valence-electron chi connectivity index (χ0n) is 25.2. The second-order valence-electron chi connectivity index (χ2n) is 11.0. The van der Waals surface area contributed by atoms with Crippen LogP contribution in [0.2, 0.25) is 0 Å². The van der Waals surface area contributed by atoms with Gasteiger partial charge in [-0.05, 0) is 75.2 Å². The largest absolute Gasteiger partial charge is 0.459 e. The molecule has 6 rings (SSSR count). The quantitative estimate of drug-likeness (QED) is 0.226. The molecule has 2 aromatic heterocycles. The van der Waals surface area contributed by atoms with E-state index in [9.17, 15) is 14.4 Å². The first kappa shape index (κ1) is 29.8. The number of thiazole rings is 1. The minimum absolute atomic E-state index is 0.207. The number of nitrogens with one attached hydrogen (secondary N) is 1. The number of para-hydroxylation sites is 1. The van der Waals surface area contributed by atoms with E-state index in [1.165, 1.54) is 11.3 Å². The number of esters is 1. The first-order valence-electron chi connectivity index (χ1n) is 14.6. The molecule has 8 nitrogen and oxygen atoms in total. The van der Waals surface area contributed by atoms with Crippen molar-refractivity contribution in [2.24, 2.45) is 4.99 Å². The molecule has 1 N–H and O–H groups in total. The van der Waals surface area contributed by atoms with Crippen LogP contribution >= 0.6 is 11.3 Å². The van der Waals surface area contributed by atoms with Crippen molar-refractivity contribution in [2.75, 3.05) is 5.32 Å². The normalized spacial score (nSPS) is 14.7. The molecule has 9 heteroatoms. The number of carbonyl (C=O) groups is 2. The molecule has 226 valence electrons. The minimum atomic E-state index is -0.663. The van der Waals surface area contributed by atoms with Crippen molar-refractivity contribution in [2.45, 2.75) is 39.8 Å². The molecule has 0 aliphatic carbocycles. The van der Waals surface area contributed by atoms with Gasteiger partial charge in [0.15, 0.2) is 4.80 Å². The summed E-state index contributed by atoms with van der Waals surface area (Å²) in [5.41, 5.74) is 4.28. The lowest BCUT2D eigenvalue weighted by Gasteiger charge is -2.25. The third-order valence-electron chi connectivity index (χ3n) is 7.38. The Hall–Kier alpha value is -5.28. The summed E-state index contributed by atoms with van der Waals surface area (Å²) >= 11 is 1.25. The van der Waals surface area contributed by atoms with Gasteiger partial charge in [0.05, 0.1) is 33.5 Å². The number of nitrogens with zero attached hydrogens (tertiary/aromatic N) is 2. The zero-order chi connectivity index (χ0) is 31.7. The predicted octanol–water partition coefficient (Wildman–Crippen LogP) is 6.01. The molecule has 1 amide bonds. The van der Waals surface area contributed by atoms with E-state index in [-0.39, 0.29) is 23.5 Å². The van der Waals surface area contributed by atoms with E-state index in [1.54, 1.807) is 35.8 Å². The van der Waals surface area contributed by atoms with Gasteiger partial charge in [-0.2, -0.15) is 0 Å². The lowest BCUT2D eigenvalue weighted by Crippen LogP contribution is -2.40. The molecular weight excluding hydrogens is 586 g/mol. The summed E-state index contributed by atoms with van der Waals surface area (Å²) in [7, 11) is 0. The zero-order valence-corrected chi connectivity index (χ0v) is 26.1. The Bertz CT molecular complexity index is 2120. The van der Waals surface area contributed by atoms with Crippen LogP contribution in [0.5, 0.6) is 0 Å². The van der Waals surface area contributed by atoms with Crippen LogP contribution in [-0.2, 0) is 9.53 Å². The highest BCUT2D eigenvalue weighted by atomic mass is 32.1. The average Bonchev–Trinajstić information content (AvgIpc) is 3.60. The van der Waals surface area contributed by atoms with Crippen LogP contribution in [0, 0.1) is 6.92 Å². The maximum absolute atomic E-state index is 14.0. The highest BCUT2D eigenvalue weighted by Gasteiger charge is 2.32. The van der Waals surface area contributed by atoms with Crippen molar-refractivity contribution in [3.63, 3.8) is 0 Å². The number of furan rings is 1. The number of allylic oxidation sites excluding steroid dienone is 1. The molecule has 0 fully saturated rings. The maximum atomic E-state index is 14.0. The van der Waals surface area contributed by atoms with E-state index >= 15 is 0 Å². The summed E-state index contributed by atoms with van der Waals surface area (Å²) in [6.07, 6.45) is 1.49. The molecule has 45 heavy (non-hydrogen) atoms. The van der Waals surface area contributed by atoms with Crippen LogP contribution in [0.1, 0.15) is 54.1 Å². The molecule has 5 aromatic rings. The Morgan fingerprint density at radius 3 is 2.38 bits per heavy atom. The molecule has 1 aliphatic rings. The van der Waals surface area contributed by atoms with E-state index in [1.807, 2.05) is 93.6 Å². The number of fused-ring (bicyclic) bond motifs is 1. The number of aromatic nitrogens is 1. The number of rotatable bonds is 7. The summed E-state index contributed by atoms with van der Waals surface area (Å²) in [5, 5.41) is 2.96. The van der Waals surface area contributed by atoms with Crippen molar-refractivity contribution in [3.05, 3.63) is 144 Å². The van der Waals surface area contributed by atoms with Gasteiger partial charge in [0.25, 0.3) is 11.5 Å². The van der Waals surface area contributed by atoms with Crippen LogP contribution in [0.3, 0.4) is 0 Å². The van der Waals surface area contributed by atoms with Crippen molar-refractivity contribution in [1.29, 1.82) is 0 Å². The van der Waals surface area contributed by atoms with Gasteiger partial charge in [-0.3, -0.25) is 14.2 Å². The fourth-order valence-corrected chi connectivity index (χ4v) is 6.36. The Balaban J connectivity index is 1.37. The summed E-state index contributed by atoms with van der Waals surface area (Å²) < 4.78 is 13.5. The second kappa shape index (κ2) is 12.4. The number of amides is 1. The van der Waals surface area contributed by atoms with Gasteiger partial charge in [0.2, 0.25) is 0 Å². The van der Waals surface area contributed by atoms with Crippen LogP contribution in [0.4, 0.5) is 5.69 Å². The Labute approximate surface area is 263 Å². The van der Waals surface area contributed by atoms with Gasteiger partial charge in [0.1, 0.15) is 11.5 Å². The Morgan fingerprint density at radius 2 is 1.69 bits per heavy atom. The number of aryl methyl sites for hydroxylation is 1. The molecule has 0 saturated heterocycles. The maximum Gasteiger partial charge on any atom is 0.338 e. The summed E-state index contributed by atoms with van der Waals surface area (Å²) in [5.74, 6) is 0.403. The fraction of sp³-hybridized carbons (Fsp3) is 0.167. The number of carbonyl (C=O) groups excluding carboxylic acids is 2. The lowest BCUT2D eigenvalue weighted by atomic mass is 9.95.